The van der Waals surface area contributed by atoms with Crippen LogP contribution in [0, 0.1) is 13.8 Å². The molecule has 0 aliphatic carbocycles. The molecule has 7 heteroatoms. The molecule has 4 rings (SSSR count). The molecule has 0 bridgehead atoms. The van der Waals surface area contributed by atoms with Crippen LogP contribution in [0.2, 0.25) is 0 Å². The molecular formula is C16H18N6O. The fourth-order valence-electron chi connectivity index (χ4n) is 3.20. The Morgan fingerprint density at radius 2 is 2.22 bits per heavy atom. The first-order valence-electron chi connectivity index (χ1n) is 7.75. The summed E-state index contributed by atoms with van der Waals surface area (Å²) in [6.45, 7) is 6.87. The fourth-order valence-corrected chi connectivity index (χ4v) is 3.20. The van der Waals surface area contributed by atoms with E-state index in [0.717, 1.165) is 34.8 Å². The van der Waals surface area contributed by atoms with Crippen molar-refractivity contribution in [3.8, 4) is 0 Å². The Bertz CT molecular complexity index is 922. The number of nitrogens with zero attached hydrogens (tertiary/aromatic N) is 5. The van der Waals surface area contributed by atoms with E-state index < -0.39 is 0 Å². The first-order valence-corrected chi connectivity index (χ1v) is 7.75. The zero-order chi connectivity index (χ0) is 16.1. The number of carbonyl (C=O) groups is 1. The van der Waals surface area contributed by atoms with Gasteiger partial charge in [-0.25, -0.2) is 14.5 Å². The van der Waals surface area contributed by atoms with E-state index in [1.54, 1.807) is 10.8 Å². The first kappa shape index (κ1) is 13.9. The van der Waals surface area contributed by atoms with Crippen LogP contribution in [-0.4, -0.2) is 30.1 Å². The third-order valence-corrected chi connectivity index (χ3v) is 4.30. The highest BCUT2D eigenvalue weighted by Crippen LogP contribution is 2.38. The minimum atomic E-state index is -0.113. The number of hydrogen-bond acceptors (Lipinski definition) is 4. The lowest BCUT2D eigenvalue weighted by Crippen LogP contribution is -2.23. The van der Waals surface area contributed by atoms with Crippen LogP contribution in [0.4, 0.5) is 5.82 Å². The number of fused-ring (bicyclic) bond motifs is 3. The van der Waals surface area contributed by atoms with Crippen LogP contribution in [-0.2, 0) is 11.3 Å². The Hall–Kier alpha value is -2.70. The summed E-state index contributed by atoms with van der Waals surface area (Å²) in [7, 11) is 0. The average Bonchev–Trinajstić information content (AvgIpc) is 3.11. The summed E-state index contributed by atoms with van der Waals surface area (Å²) < 4.78 is 3.81. The molecule has 7 nitrogen and oxygen atoms in total. The second-order valence-corrected chi connectivity index (χ2v) is 5.97. The topological polar surface area (TPSA) is 77.1 Å². The third-order valence-electron chi connectivity index (χ3n) is 4.30. The molecule has 23 heavy (non-hydrogen) atoms. The molecule has 0 radical (unpaired) electrons. The Kier molecular flexibility index (Phi) is 2.97. The predicted molar refractivity (Wildman–Crippen MR) is 85.5 cm³/mol. The highest BCUT2D eigenvalue weighted by molar-refractivity contribution is 5.95. The van der Waals surface area contributed by atoms with E-state index in [4.69, 9.17) is 0 Å². The van der Waals surface area contributed by atoms with Gasteiger partial charge in [-0.1, -0.05) is 0 Å². The lowest BCUT2D eigenvalue weighted by atomic mass is 9.91. The van der Waals surface area contributed by atoms with E-state index >= 15 is 0 Å². The van der Waals surface area contributed by atoms with E-state index in [9.17, 15) is 4.79 Å². The fraction of sp³-hybridized carbons (Fsp3) is 0.375. The summed E-state index contributed by atoms with van der Waals surface area (Å²) in [4.78, 5) is 21.2. The van der Waals surface area contributed by atoms with Gasteiger partial charge in [0, 0.05) is 36.5 Å². The van der Waals surface area contributed by atoms with Crippen molar-refractivity contribution in [2.75, 3.05) is 5.32 Å². The van der Waals surface area contributed by atoms with Crippen molar-refractivity contribution in [2.24, 2.45) is 0 Å². The SMILES string of the molecule is CCn1cnc(C2CC(=O)Nc3nn4c(C)cc(C)nc4c32)c1. The maximum atomic E-state index is 12.1. The van der Waals surface area contributed by atoms with E-state index in [0.29, 0.717) is 12.2 Å². The Labute approximate surface area is 133 Å². The molecule has 0 aromatic carbocycles. The van der Waals surface area contributed by atoms with Crippen LogP contribution in [0.25, 0.3) is 5.65 Å². The van der Waals surface area contributed by atoms with Crippen LogP contribution in [0.15, 0.2) is 18.6 Å². The summed E-state index contributed by atoms with van der Waals surface area (Å²) in [6.07, 6.45) is 4.17. The lowest BCUT2D eigenvalue weighted by Gasteiger charge is -2.20. The molecule has 0 saturated heterocycles. The van der Waals surface area contributed by atoms with Crippen molar-refractivity contribution in [2.45, 2.75) is 39.7 Å². The second-order valence-electron chi connectivity index (χ2n) is 5.97. The molecule has 0 fully saturated rings. The van der Waals surface area contributed by atoms with Crippen LogP contribution in [0.5, 0.6) is 0 Å². The molecule has 3 aromatic heterocycles. The van der Waals surface area contributed by atoms with Crippen LogP contribution in [0.3, 0.4) is 0 Å². The molecule has 3 aromatic rings. The summed E-state index contributed by atoms with van der Waals surface area (Å²) in [5.41, 5.74) is 4.58. The van der Waals surface area contributed by atoms with Crippen LogP contribution in [0.1, 0.15) is 41.9 Å². The molecule has 1 unspecified atom stereocenters. The van der Waals surface area contributed by atoms with Crippen molar-refractivity contribution >= 4 is 17.4 Å². The Morgan fingerprint density at radius 1 is 1.39 bits per heavy atom. The van der Waals surface area contributed by atoms with E-state index in [-0.39, 0.29) is 11.8 Å². The van der Waals surface area contributed by atoms with Crippen molar-refractivity contribution in [3.05, 3.63) is 41.2 Å². The number of aryl methyl sites for hydroxylation is 3. The zero-order valence-corrected chi connectivity index (χ0v) is 13.4. The number of hydrogen-bond donors (Lipinski definition) is 1. The van der Waals surface area contributed by atoms with E-state index in [1.165, 1.54) is 0 Å². The zero-order valence-electron chi connectivity index (χ0n) is 13.4. The maximum absolute atomic E-state index is 12.1. The maximum Gasteiger partial charge on any atom is 0.226 e. The van der Waals surface area contributed by atoms with E-state index in [1.807, 2.05) is 30.7 Å². The average molecular weight is 310 g/mol. The standard InChI is InChI=1S/C16H18N6O/c1-4-21-7-12(17-8-21)11-6-13(23)19-15-14(11)16-18-9(2)5-10(3)22(16)20-15/h5,7-8,11H,4,6H2,1-3H3,(H,19,20,23). The van der Waals surface area contributed by atoms with Gasteiger partial charge in [0.2, 0.25) is 5.91 Å². The third kappa shape index (κ3) is 2.11. The van der Waals surface area contributed by atoms with Gasteiger partial charge in [-0.15, -0.1) is 5.10 Å². The number of anilines is 1. The molecule has 0 saturated carbocycles. The quantitative estimate of drug-likeness (QED) is 0.786. The predicted octanol–water partition coefficient (Wildman–Crippen LogP) is 2.04. The largest absolute Gasteiger partial charge is 0.337 e. The molecule has 4 heterocycles. The second kappa shape index (κ2) is 4.91. The van der Waals surface area contributed by atoms with Crippen LogP contribution >= 0.6 is 0 Å². The number of imidazole rings is 1. The van der Waals surface area contributed by atoms with Crippen LogP contribution < -0.4 is 5.32 Å². The molecule has 118 valence electrons. The highest BCUT2D eigenvalue weighted by Gasteiger charge is 2.33. The lowest BCUT2D eigenvalue weighted by molar-refractivity contribution is -0.116. The highest BCUT2D eigenvalue weighted by atomic mass is 16.1. The van der Waals surface area contributed by atoms with Gasteiger partial charge in [0.15, 0.2) is 11.5 Å². The summed E-state index contributed by atoms with van der Waals surface area (Å²) in [5.74, 6) is 0.447. The molecule has 1 aliphatic heterocycles. The number of rotatable bonds is 2. The molecule has 1 N–H and O–H groups in total. The van der Waals surface area contributed by atoms with Gasteiger partial charge in [-0.05, 0) is 26.8 Å². The summed E-state index contributed by atoms with van der Waals surface area (Å²) in [6, 6.07) is 1.98. The van der Waals surface area contributed by atoms with Gasteiger partial charge in [0.05, 0.1) is 17.6 Å². The van der Waals surface area contributed by atoms with E-state index in [2.05, 4.69) is 27.3 Å². The summed E-state index contributed by atoms with van der Waals surface area (Å²) >= 11 is 0. The van der Waals surface area contributed by atoms with Gasteiger partial charge in [0.25, 0.3) is 0 Å². The Balaban J connectivity index is 1.96. The van der Waals surface area contributed by atoms with Gasteiger partial charge in [0.1, 0.15) is 0 Å². The number of carbonyl (C=O) groups excluding carboxylic acids is 1. The van der Waals surface area contributed by atoms with Gasteiger partial charge in [-0.2, -0.15) is 0 Å². The minimum Gasteiger partial charge on any atom is -0.337 e. The van der Waals surface area contributed by atoms with Gasteiger partial charge < -0.3 is 9.88 Å². The normalized spacial score (nSPS) is 17.3. The summed E-state index contributed by atoms with van der Waals surface area (Å²) in [5, 5.41) is 7.41. The Morgan fingerprint density at radius 3 is 2.96 bits per heavy atom. The molecule has 1 atom stereocenters. The number of amides is 1. The number of nitrogens with one attached hydrogen (secondary N) is 1. The van der Waals surface area contributed by atoms with Gasteiger partial charge in [-0.3, -0.25) is 4.79 Å². The molecule has 1 amide bonds. The van der Waals surface area contributed by atoms with Crippen molar-refractivity contribution in [1.29, 1.82) is 0 Å². The molecular weight excluding hydrogens is 292 g/mol. The first-order chi connectivity index (χ1) is 11.1. The van der Waals surface area contributed by atoms with Crippen molar-refractivity contribution in [3.63, 3.8) is 0 Å². The van der Waals surface area contributed by atoms with Crippen molar-refractivity contribution < 1.29 is 4.79 Å². The monoisotopic (exact) mass is 310 g/mol. The van der Waals surface area contributed by atoms with Gasteiger partial charge >= 0.3 is 0 Å². The molecule has 0 spiro atoms. The smallest absolute Gasteiger partial charge is 0.226 e. The number of aromatic nitrogens is 5. The minimum absolute atomic E-state index is 0.0358. The van der Waals surface area contributed by atoms with Crippen molar-refractivity contribution in [1.82, 2.24) is 24.1 Å². The molecule has 1 aliphatic rings.